The Morgan fingerprint density at radius 1 is 0.435 bits per heavy atom. The molecule has 46 heavy (non-hydrogen) atoms. The van der Waals surface area contributed by atoms with Crippen LogP contribution in [0.1, 0.15) is 25.0 Å². The van der Waals surface area contributed by atoms with E-state index in [1.54, 1.807) is 0 Å². The number of nitrogens with zero attached hydrogens (tertiary/aromatic N) is 1. The summed E-state index contributed by atoms with van der Waals surface area (Å²) < 4.78 is 0. The van der Waals surface area contributed by atoms with Crippen molar-refractivity contribution in [2.45, 2.75) is 19.3 Å². The fourth-order valence-electron chi connectivity index (χ4n) is 7.91. The first-order valence-corrected chi connectivity index (χ1v) is 16.1. The van der Waals surface area contributed by atoms with Gasteiger partial charge in [0, 0.05) is 22.5 Å². The zero-order chi connectivity index (χ0) is 30.8. The van der Waals surface area contributed by atoms with Gasteiger partial charge in [0.25, 0.3) is 0 Å². The van der Waals surface area contributed by atoms with Crippen LogP contribution in [0.2, 0.25) is 0 Å². The standard InChI is InChI=1S/C45H33N/c1-45(2)41-20-12-11-19-39(41)43-38-18-10-9-17-37(38)42-36-28-26-35(29-32(36)23-27-40(42)44(43)45)46(33-15-7-4-8-16-33)34-24-21-31(22-25-34)30-13-5-3-6-14-30/h3-29H,1-2H3. The number of hydrogen-bond donors (Lipinski definition) is 0. The van der Waals surface area contributed by atoms with Crippen LogP contribution in [0.15, 0.2) is 164 Å². The van der Waals surface area contributed by atoms with Gasteiger partial charge in [-0.15, -0.1) is 0 Å². The van der Waals surface area contributed by atoms with E-state index >= 15 is 0 Å². The summed E-state index contributed by atoms with van der Waals surface area (Å²) in [6.45, 7) is 4.78. The minimum Gasteiger partial charge on any atom is -0.310 e. The van der Waals surface area contributed by atoms with E-state index in [1.807, 2.05) is 0 Å². The van der Waals surface area contributed by atoms with Gasteiger partial charge in [-0.3, -0.25) is 0 Å². The molecule has 1 aliphatic carbocycles. The zero-order valence-electron chi connectivity index (χ0n) is 26.0. The van der Waals surface area contributed by atoms with Crippen LogP contribution in [0.3, 0.4) is 0 Å². The van der Waals surface area contributed by atoms with Gasteiger partial charge in [0.1, 0.15) is 0 Å². The maximum atomic E-state index is 2.39. The lowest BCUT2D eigenvalue weighted by Crippen LogP contribution is -2.15. The van der Waals surface area contributed by atoms with Crippen LogP contribution in [-0.4, -0.2) is 0 Å². The third-order valence-electron chi connectivity index (χ3n) is 9.99. The Balaban J connectivity index is 1.26. The molecule has 0 fully saturated rings. The summed E-state index contributed by atoms with van der Waals surface area (Å²) in [5.74, 6) is 0. The fraction of sp³-hybridized carbons (Fsp3) is 0.0667. The first kappa shape index (κ1) is 26.7. The summed E-state index contributed by atoms with van der Waals surface area (Å²) >= 11 is 0. The molecule has 0 N–H and O–H groups in total. The summed E-state index contributed by atoms with van der Waals surface area (Å²) in [5.41, 5.74) is 11.4. The van der Waals surface area contributed by atoms with Crippen LogP contribution >= 0.6 is 0 Å². The molecule has 0 aliphatic heterocycles. The Labute approximate surface area is 270 Å². The van der Waals surface area contributed by atoms with E-state index in [-0.39, 0.29) is 5.41 Å². The summed E-state index contributed by atoms with van der Waals surface area (Å²) in [5, 5.41) is 7.89. The SMILES string of the molecule is CC1(C)c2ccccc2-c2c1c1ccc3cc(N(c4ccccc4)c4ccc(-c5ccccc5)cc4)ccc3c1c1ccccc21. The van der Waals surface area contributed by atoms with Gasteiger partial charge in [-0.1, -0.05) is 141 Å². The highest BCUT2D eigenvalue weighted by molar-refractivity contribution is 6.26. The molecule has 1 nitrogen and oxygen atoms in total. The van der Waals surface area contributed by atoms with Crippen molar-refractivity contribution in [1.29, 1.82) is 0 Å². The molecule has 1 aliphatic rings. The lowest BCUT2D eigenvalue weighted by atomic mass is 9.78. The minimum absolute atomic E-state index is 0.0855. The summed E-state index contributed by atoms with van der Waals surface area (Å²) in [4.78, 5) is 2.36. The lowest BCUT2D eigenvalue weighted by Gasteiger charge is -2.27. The zero-order valence-corrected chi connectivity index (χ0v) is 26.0. The highest BCUT2D eigenvalue weighted by Gasteiger charge is 2.38. The van der Waals surface area contributed by atoms with Crippen molar-refractivity contribution >= 4 is 49.4 Å². The molecule has 8 aromatic rings. The van der Waals surface area contributed by atoms with E-state index < -0.39 is 0 Å². The molecule has 0 atom stereocenters. The van der Waals surface area contributed by atoms with Gasteiger partial charge in [-0.25, -0.2) is 0 Å². The Hall–Kier alpha value is -5.66. The number of fused-ring (bicyclic) bond motifs is 10. The normalized spacial score (nSPS) is 13.2. The van der Waals surface area contributed by atoms with Crippen molar-refractivity contribution in [3.8, 4) is 22.3 Å². The van der Waals surface area contributed by atoms with Gasteiger partial charge in [0.05, 0.1) is 0 Å². The Kier molecular flexibility index (Phi) is 5.92. The van der Waals surface area contributed by atoms with Crippen LogP contribution in [0.5, 0.6) is 0 Å². The quantitative estimate of drug-likeness (QED) is 0.185. The second-order valence-electron chi connectivity index (χ2n) is 12.9. The maximum Gasteiger partial charge on any atom is 0.0468 e. The third kappa shape index (κ3) is 3.95. The van der Waals surface area contributed by atoms with E-state index in [9.17, 15) is 0 Å². The largest absolute Gasteiger partial charge is 0.310 e. The van der Waals surface area contributed by atoms with Gasteiger partial charge in [-0.2, -0.15) is 0 Å². The molecule has 0 saturated heterocycles. The molecular formula is C45H33N. The van der Waals surface area contributed by atoms with E-state index in [0.29, 0.717) is 0 Å². The second-order valence-corrected chi connectivity index (χ2v) is 12.9. The van der Waals surface area contributed by atoms with Gasteiger partial charge in [0.2, 0.25) is 0 Å². The topological polar surface area (TPSA) is 3.24 Å². The van der Waals surface area contributed by atoms with Crippen LogP contribution in [0.25, 0.3) is 54.6 Å². The van der Waals surface area contributed by atoms with Crippen LogP contribution in [0.4, 0.5) is 17.1 Å². The van der Waals surface area contributed by atoms with E-state index in [0.717, 1.165) is 17.1 Å². The van der Waals surface area contributed by atoms with Crippen LogP contribution < -0.4 is 4.90 Å². The summed E-state index contributed by atoms with van der Waals surface area (Å²) in [6, 6.07) is 59.8. The Bertz CT molecular complexity index is 2420. The van der Waals surface area contributed by atoms with Crippen LogP contribution in [0, 0.1) is 0 Å². The first-order valence-electron chi connectivity index (χ1n) is 16.1. The maximum absolute atomic E-state index is 2.39. The number of benzene rings is 8. The van der Waals surface area contributed by atoms with E-state index in [2.05, 4.69) is 183 Å². The molecule has 0 unspecified atom stereocenters. The molecule has 0 aromatic heterocycles. The average Bonchev–Trinajstić information content (AvgIpc) is 3.36. The monoisotopic (exact) mass is 587 g/mol. The van der Waals surface area contributed by atoms with Gasteiger partial charge < -0.3 is 4.90 Å². The average molecular weight is 588 g/mol. The second kappa shape index (κ2) is 10.2. The molecule has 0 bridgehead atoms. The summed E-state index contributed by atoms with van der Waals surface area (Å²) in [6.07, 6.45) is 0. The molecule has 0 radical (unpaired) electrons. The Morgan fingerprint density at radius 3 is 1.80 bits per heavy atom. The van der Waals surface area contributed by atoms with Crippen molar-refractivity contribution in [1.82, 2.24) is 0 Å². The molecule has 0 heterocycles. The van der Waals surface area contributed by atoms with Crippen molar-refractivity contribution < 1.29 is 0 Å². The van der Waals surface area contributed by atoms with Gasteiger partial charge in [-0.05, 0) is 102 Å². The third-order valence-corrected chi connectivity index (χ3v) is 9.99. The molecule has 0 amide bonds. The molecular weight excluding hydrogens is 555 g/mol. The highest BCUT2D eigenvalue weighted by atomic mass is 15.1. The molecule has 218 valence electrons. The lowest BCUT2D eigenvalue weighted by molar-refractivity contribution is 0.666. The molecule has 0 saturated carbocycles. The number of para-hydroxylation sites is 1. The van der Waals surface area contributed by atoms with Crippen molar-refractivity contribution in [3.63, 3.8) is 0 Å². The van der Waals surface area contributed by atoms with Crippen molar-refractivity contribution in [3.05, 3.63) is 175 Å². The molecule has 1 heteroatoms. The molecule has 9 rings (SSSR count). The molecule has 8 aromatic carbocycles. The number of anilines is 3. The van der Waals surface area contributed by atoms with Gasteiger partial charge in [0.15, 0.2) is 0 Å². The Morgan fingerprint density at radius 2 is 1.02 bits per heavy atom. The predicted octanol–water partition coefficient (Wildman–Crippen LogP) is 12.6. The van der Waals surface area contributed by atoms with E-state index in [1.165, 1.54) is 65.7 Å². The number of rotatable bonds is 4. The number of hydrogen-bond acceptors (Lipinski definition) is 1. The van der Waals surface area contributed by atoms with Crippen molar-refractivity contribution in [2.75, 3.05) is 4.90 Å². The van der Waals surface area contributed by atoms with Gasteiger partial charge >= 0.3 is 0 Å². The first-order chi connectivity index (χ1) is 22.6. The smallest absolute Gasteiger partial charge is 0.0468 e. The molecule has 0 spiro atoms. The van der Waals surface area contributed by atoms with Crippen LogP contribution in [-0.2, 0) is 5.41 Å². The predicted molar refractivity (Wildman–Crippen MR) is 197 cm³/mol. The van der Waals surface area contributed by atoms with Crippen molar-refractivity contribution in [2.24, 2.45) is 0 Å². The summed E-state index contributed by atoms with van der Waals surface area (Å²) in [7, 11) is 0. The van der Waals surface area contributed by atoms with E-state index in [4.69, 9.17) is 0 Å². The minimum atomic E-state index is -0.0855. The fourth-order valence-corrected chi connectivity index (χ4v) is 7.91. The highest BCUT2D eigenvalue weighted by Crippen LogP contribution is 2.55.